The van der Waals surface area contributed by atoms with Gasteiger partial charge in [-0.15, -0.1) is 11.3 Å². The molecule has 21 heavy (non-hydrogen) atoms. The zero-order chi connectivity index (χ0) is 14.2. The fourth-order valence-electron chi connectivity index (χ4n) is 3.78. The van der Waals surface area contributed by atoms with Crippen LogP contribution in [0.5, 0.6) is 0 Å². The van der Waals surface area contributed by atoms with Crippen LogP contribution in [0.15, 0.2) is 11.6 Å². The fourth-order valence-corrected chi connectivity index (χ4v) is 4.51. The van der Waals surface area contributed by atoms with Crippen LogP contribution in [0, 0.1) is 0 Å². The molecule has 114 valence electrons. The molecule has 2 N–H and O–H groups in total. The Balaban J connectivity index is 1.54. The number of imidazole rings is 1. The first kappa shape index (κ1) is 13.5. The molecule has 6 heteroatoms. The van der Waals surface area contributed by atoms with Crippen molar-refractivity contribution >= 4 is 22.1 Å². The molecule has 4 heterocycles. The first-order valence-electron chi connectivity index (χ1n) is 8.00. The summed E-state index contributed by atoms with van der Waals surface area (Å²) in [7, 11) is 0. The zero-order valence-corrected chi connectivity index (χ0v) is 13.2. The van der Waals surface area contributed by atoms with Crippen molar-refractivity contribution in [1.29, 1.82) is 0 Å². The number of hydrogen-bond acceptors (Lipinski definition) is 5. The van der Waals surface area contributed by atoms with E-state index in [9.17, 15) is 0 Å². The van der Waals surface area contributed by atoms with Crippen LogP contribution in [-0.2, 0) is 6.54 Å². The van der Waals surface area contributed by atoms with Crippen LogP contribution in [0.3, 0.4) is 0 Å². The van der Waals surface area contributed by atoms with Crippen molar-refractivity contribution < 1.29 is 0 Å². The average Bonchev–Trinajstić information content (AvgIpc) is 3.22. The number of anilines is 1. The molecular formula is C15H23N5S. The zero-order valence-electron chi connectivity index (χ0n) is 12.4. The maximum Gasteiger partial charge on any atom is 0.195 e. The molecule has 5 nitrogen and oxygen atoms in total. The van der Waals surface area contributed by atoms with Gasteiger partial charge in [-0.2, -0.15) is 0 Å². The van der Waals surface area contributed by atoms with E-state index >= 15 is 0 Å². The van der Waals surface area contributed by atoms with Crippen LogP contribution < -0.4 is 10.6 Å². The van der Waals surface area contributed by atoms with E-state index in [1.165, 1.54) is 38.8 Å². The maximum atomic E-state index is 5.97. The largest absolute Gasteiger partial charge is 0.353 e. The molecule has 0 saturated carbocycles. The lowest BCUT2D eigenvalue weighted by atomic mass is 10.1. The Morgan fingerprint density at radius 2 is 2.10 bits per heavy atom. The molecule has 0 spiro atoms. The number of fused-ring (bicyclic) bond motifs is 1. The minimum Gasteiger partial charge on any atom is -0.353 e. The molecule has 2 aliphatic heterocycles. The van der Waals surface area contributed by atoms with Gasteiger partial charge in [0.05, 0.1) is 5.69 Å². The van der Waals surface area contributed by atoms with Crippen LogP contribution in [-0.4, -0.2) is 46.5 Å². The van der Waals surface area contributed by atoms with E-state index in [-0.39, 0.29) is 0 Å². The van der Waals surface area contributed by atoms with E-state index in [0.29, 0.717) is 12.6 Å². The number of nitrogens with zero attached hydrogens (tertiary/aromatic N) is 4. The van der Waals surface area contributed by atoms with E-state index in [1.807, 2.05) is 0 Å². The van der Waals surface area contributed by atoms with Crippen molar-refractivity contribution in [2.24, 2.45) is 5.73 Å². The van der Waals surface area contributed by atoms with Gasteiger partial charge in [-0.1, -0.05) is 6.42 Å². The molecule has 2 aliphatic rings. The summed E-state index contributed by atoms with van der Waals surface area (Å²) in [4.78, 5) is 11.0. The monoisotopic (exact) mass is 305 g/mol. The lowest BCUT2D eigenvalue weighted by molar-refractivity contribution is 0.175. The first-order chi connectivity index (χ1) is 10.4. The van der Waals surface area contributed by atoms with E-state index in [0.717, 1.165) is 29.6 Å². The van der Waals surface area contributed by atoms with Gasteiger partial charge in [-0.3, -0.25) is 9.30 Å². The molecule has 2 fully saturated rings. The quantitative estimate of drug-likeness (QED) is 0.941. The summed E-state index contributed by atoms with van der Waals surface area (Å²) in [6.07, 6.45) is 7.48. The molecule has 1 atom stereocenters. The van der Waals surface area contributed by atoms with Gasteiger partial charge in [0.2, 0.25) is 0 Å². The Kier molecular flexibility index (Phi) is 3.61. The average molecular weight is 305 g/mol. The van der Waals surface area contributed by atoms with Crippen LogP contribution in [0.2, 0.25) is 0 Å². The highest BCUT2D eigenvalue weighted by atomic mass is 32.1. The van der Waals surface area contributed by atoms with E-state index in [1.54, 1.807) is 11.3 Å². The molecule has 0 aromatic carbocycles. The molecule has 2 saturated heterocycles. The SMILES string of the molecule is NCc1c(N2CCC(N3CCCCC3)C2)nc2sccn12. The number of nitrogens with two attached hydrogens (primary N) is 1. The maximum absolute atomic E-state index is 5.97. The third kappa shape index (κ3) is 2.35. The van der Waals surface area contributed by atoms with Crippen molar-refractivity contribution in [1.82, 2.24) is 14.3 Å². The normalized spacial score (nSPS) is 24.2. The fraction of sp³-hybridized carbons (Fsp3) is 0.667. The smallest absolute Gasteiger partial charge is 0.195 e. The minimum absolute atomic E-state index is 0.554. The third-order valence-corrected chi connectivity index (χ3v) is 5.66. The van der Waals surface area contributed by atoms with Gasteiger partial charge in [0.25, 0.3) is 0 Å². The molecule has 0 amide bonds. The number of aromatic nitrogens is 2. The highest BCUT2D eigenvalue weighted by Gasteiger charge is 2.31. The Morgan fingerprint density at radius 3 is 2.90 bits per heavy atom. The number of piperidine rings is 1. The second kappa shape index (κ2) is 5.59. The summed E-state index contributed by atoms with van der Waals surface area (Å²) in [5.41, 5.74) is 7.13. The molecule has 1 unspecified atom stereocenters. The van der Waals surface area contributed by atoms with Crippen molar-refractivity contribution in [2.75, 3.05) is 31.1 Å². The third-order valence-electron chi connectivity index (χ3n) is 4.90. The standard InChI is InChI=1S/C15H23N5S/c16-10-13-14(17-15-20(13)8-9-21-15)19-7-4-12(11-19)18-5-2-1-3-6-18/h8-9,12H,1-7,10-11,16H2. The van der Waals surface area contributed by atoms with Crippen molar-refractivity contribution in [3.63, 3.8) is 0 Å². The first-order valence-corrected chi connectivity index (χ1v) is 8.88. The number of likely N-dealkylation sites (tertiary alicyclic amines) is 1. The summed E-state index contributed by atoms with van der Waals surface area (Å²) in [6, 6.07) is 0.704. The Hall–Kier alpha value is -1.11. The summed E-state index contributed by atoms with van der Waals surface area (Å²) in [5.74, 6) is 1.11. The second-order valence-corrected chi connectivity index (χ2v) is 7.00. The predicted molar refractivity (Wildman–Crippen MR) is 87.0 cm³/mol. The van der Waals surface area contributed by atoms with Gasteiger partial charge in [-0.25, -0.2) is 4.98 Å². The Morgan fingerprint density at radius 1 is 1.24 bits per heavy atom. The Bertz CT molecular complexity index is 613. The predicted octanol–water partition coefficient (Wildman–Crippen LogP) is 1.92. The summed E-state index contributed by atoms with van der Waals surface area (Å²) < 4.78 is 2.15. The summed E-state index contributed by atoms with van der Waals surface area (Å²) >= 11 is 1.68. The van der Waals surface area contributed by atoms with Crippen molar-refractivity contribution in [3.8, 4) is 0 Å². The molecule has 0 radical (unpaired) electrons. The molecule has 2 aromatic heterocycles. The van der Waals surface area contributed by atoms with Gasteiger partial charge in [0.15, 0.2) is 10.8 Å². The van der Waals surface area contributed by atoms with Crippen LogP contribution >= 0.6 is 11.3 Å². The molecule has 0 aliphatic carbocycles. The topological polar surface area (TPSA) is 49.8 Å². The molecule has 0 bridgehead atoms. The lowest BCUT2D eigenvalue weighted by Crippen LogP contribution is -2.41. The van der Waals surface area contributed by atoms with E-state index < -0.39 is 0 Å². The molecule has 4 rings (SSSR count). The van der Waals surface area contributed by atoms with Gasteiger partial charge >= 0.3 is 0 Å². The van der Waals surface area contributed by atoms with Crippen molar-refractivity contribution in [2.45, 2.75) is 38.3 Å². The minimum atomic E-state index is 0.554. The van der Waals surface area contributed by atoms with Crippen LogP contribution in [0.25, 0.3) is 4.96 Å². The summed E-state index contributed by atoms with van der Waals surface area (Å²) in [6.45, 7) is 5.33. The number of rotatable bonds is 3. The lowest BCUT2D eigenvalue weighted by Gasteiger charge is -2.32. The highest BCUT2D eigenvalue weighted by Crippen LogP contribution is 2.29. The van der Waals surface area contributed by atoms with E-state index in [4.69, 9.17) is 10.7 Å². The summed E-state index contributed by atoms with van der Waals surface area (Å²) in [5, 5.41) is 2.08. The van der Waals surface area contributed by atoms with Crippen LogP contribution in [0.1, 0.15) is 31.4 Å². The Labute approximate surface area is 129 Å². The number of thiazole rings is 1. The van der Waals surface area contributed by atoms with Gasteiger partial charge in [0.1, 0.15) is 0 Å². The van der Waals surface area contributed by atoms with E-state index in [2.05, 4.69) is 25.8 Å². The van der Waals surface area contributed by atoms with Gasteiger partial charge in [0, 0.05) is 37.3 Å². The van der Waals surface area contributed by atoms with Gasteiger partial charge in [-0.05, 0) is 32.4 Å². The number of hydrogen-bond donors (Lipinski definition) is 1. The molecular weight excluding hydrogens is 282 g/mol. The molecule has 2 aromatic rings. The van der Waals surface area contributed by atoms with Gasteiger partial charge < -0.3 is 10.6 Å². The highest BCUT2D eigenvalue weighted by molar-refractivity contribution is 7.15. The second-order valence-electron chi connectivity index (χ2n) is 6.13. The van der Waals surface area contributed by atoms with Crippen molar-refractivity contribution in [3.05, 3.63) is 17.3 Å². The van der Waals surface area contributed by atoms with Crippen LogP contribution in [0.4, 0.5) is 5.82 Å².